The predicted octanol–water partition coefficient (Wildman–Crippen LogP) is 1.75. The summed E-state index contributed by atoms with van der Waals surface area (Å²) in [6.07, 6.45) is 1.33. The highest BCUT2D eigenvalue weighted by Crippen LogP contribution is 2.30. The van der Waals surface area contributed by atoms with Gasteiger partial charge in [0.15, 0.2) is 9.84 Å². The van der Waals surface area contributed by atoms with Crippen LogP contribution in [0.25, 0.3) is 0 Å². The van der Waals surface area contributed by atoms with E-state index in [-0.39, 0.29) is 11.4 Å². The molecule has 1 aliphatic rings. The first-order valence-electron chi connectivity index (χ1n) is 6.27. The van der Waals surface area contributed by atoms with Gasteiger partial charge in [0.2, 0.25) is 0 Å². The van der Waals surface area contributed by atoms with Crippen molar-refractivity contribution in [1.82, 2.24) is 4.90 Å². The van der Waals surface area contributed by atoms with E-state index in [0.717, 1.165) is 23.5 Å². The van der Waals surface area contributed by atoms with Crippen LogP contribution in [0.15, 0.2) is 24.3 Å². The maximum atomic E-state index is 11.9. The topological polar surface area (TPSA) is 63.4 Å². The van der Waals surface area contributed by atoms with Crippen LogP contribution < -0.4 is 5.73 Å². The Morgan fingerprint density at radius 3 is 2.58 bits per heavy atom. The van der Waals surface area contributed by atoms with Crippen molar-refractivity contribution in [3.8, 4) is 0 Å². The highest BCUT2D eigenvalue weighted by atomic mass is 32.2. The van der Waals surface area contributed by atoms with Crippen molar-refractivity contribution >= 4 is 27.3 Å². The molecule has 0 amide bonds. The molecule has 19 heavy (non-hydrogen) atoms. The second-order valence-corrected chi connectivity index (χ2v) is 8.29. The lowest BCUT2D eigenvalue weighted by atomic mass is 10.1. The highest BCUT2D eigenvalue weighted by Gasteiger charge is 2.34. The number of benzene rings is 1. The van der Waals surface area contributed by atoms with Crippen LogP contribution in [0.5, 0.6) is 0 Å². The average Bonchev–Trinajstić information content (AvgIpc) is 2.38. The SMILES string of the molecule is CC(c1ccc(N)cc1)N1CCSCC1S(C)(=O)=O. The van der Waals surface area contributed by atoms with Crippen molar-refractivity contribution in [2.45, 2.75) is 18.3 Å². The molecule has 6 heteroatoms. The molecule has 0 aromatic heterocycles. The molecule has 2 atom stereocenters. The zero-order valence-electron chi connectivity index (χ0n) is 11.2. The normalized spacial score (nSPS) is 23.2. The maximum Gasteiger partial charge on any atom is 0.164 e. The molecule has 1 aliphatic heterocycles. The Kier molecular flexibility index (Phi) is 4.43. The van der Waals surface area contributed by atoms with Crippen LogP contribution in [-0.4, -0.2) is 43.0 Å². The Morgan fingerprint density at radius 2 is 2.00 bits per heavy atom. The maximum absolute atomic E-state index is 11.9. The van der Waals surface area contributed by atoms with Crippen LogP contribution in [-0.2, 0) is 9.84 Å². The molecular weight excluding hydrogens is 280 g/mol. The third-order valence-corrected chi connectivity index (χ3v) is 6.19. The lowest BCUT2D eigenvalue weighted by Crippen LogP contribution is -2.47. The third kappa shape index (κ3) is 3.43. The zero-order valence-corrected chi connectivity index (χ0v) is 12.9. The quantitative estimate of drug-likeness (QED) is 0.862. The Morgan fingerprint density at radius 1 is 1.37 bits per heavy atom. The van der Waals surface area contributed by atoms with Crippen LogP contribution in [0.3, 0.4) is 0 Å². The van der Waals surface area contributed by atoms with Gasteiger partial charge in [0.25, 0.3) is 0 Å². The molecule has 2 N–H and O–H groups in total. The number of thioether (sulfide) groups is 1. The molecule has 2 unspecified atom stereocenters. The van der Waals surface area contributed by atoms with Crippen LogP contribution >= 0.6 is 11.8 Å². The molecular formula is C13H20N2O2S2. The fourth-order valence-corrected chi connectivity index (χ4v) is 5.33. The number of rotatable bonds is 3. The summed E-state index contributed by atoms with van der Waals surface area (Å²) in [5, 5.41) is -0.390. The van der Waals surface area contributed by atoms with Gasteiger partial charge in [0.05, 0.1) is 0 Å². The van der Waals surface area contributed by atoms with Gasteiger partial charge in [-0.1, -0.05) is 12.1 Å². The minimum atomic E-state index is -3.06. The largest absolute Gasteiger partial charge is 0.399 e. The second kappa shape index (κ2) is 5.73. The van der Waals surface area contributed by atoms with E-state index in [1.807, 2.05) is 24.3 Å². The first kappa shape index (κ1) is 14.7. The molecule has 0 saturated carbocycles. The summed E-state index contributed by atoms with van der Waals surface area (Å²) >= 11 is 1.71. The molecule has 0 radical (unpaired) electrons. The number of nitrogens with zero attached hydrogens (tertiary/aromatic N) is 1. The molecule has 0 aliphatic carbocycles. The van der Waals surface area contributed by atoms with Gasteiger partial charge in [-0.25, -0.2) is 8.42 Å². The number of hydrogen-bond acceptors (Lipinski definition) is 5. The number of nitrogens with two attached hydrogens (primary N) is 1. The summed E-state index contributed by atoms with van der Waals surface area (Å²) in [6.45, 7) is 2.85. The van der Waals surface area contributed by atoms with Crippen LogP contribution in [0, 0.1) is 0 Å². The van der Waals surface area contributed by atoms with E-state index < -0.39 is 9.84 Å². The van der Waals surface area contributed by atoms with Crippen LogP contribution in [0.4, 0.5) is 5.69 Å². The van der Waals surface area contributed by atoms with Gasteiger partial charge in [-0.2, -0.15) is 11.8 Å². The second-order valence-electron chi connectivity index (χ2n) is 4.94. The van der Waals surface area contributed by atoms with Gasteiger partial charge in [-0.05, 0) is 24.6 Å². The summed E-state index contributed by atoms with van der Waals surface area (Å²) in [4.78, 5) is 2.08. The number of nitrogen functional groups attached to an aromatic ring is 1. The van der Waals surface area contributed by atoms with Crippen molar-refractivity contribution in [1.29, 1.82) is 0 Å². The first-order chi connectivity index (χ1) is 8.89. The Labute approximate surface area is 119 Å². The van der Waals surface area contributed by atoms with E-state index in [9.17, 15) is 8.42 Å². The van der Waals surface area contributed by atoms with E-state index in [1.54, 1.807) is 11.8 Å². The monoisotopic (exact) mass is 300 g/mol. The number of sulfone groups is 1. The van der Waals surface area contributed by atoms with Gasteiger partial charge in [-0.3, -0.25) is 4.90 Å². The fourth-order valence-electron chi connectivity index (χ4n) is 2.37. The van der Waals surface area contributed by atoms with Gasteiger partial charge in [0, 0.05) is 36.0 Å². The molecule has 1 aromatic carbocycles. The smallest absolute Gasteiger partial charge is 0.164 e. The minimum absolute atomic E-state index is 0.0845. The first-order valence-corrected chi connectivity index (χ1v) is 9.38. The average molecular weight is 300 g/mol. The molecule has 1 heterocycles. The van der Waals surface area contributed by atoms with Crippen molar-refractivity contribution in [2.24, 2.45) is 0 Å². The summed E-state index contributed by atoms with van der Waals surface area (Å²) in [6, 6.07) is 7.75. The van der Waals surface area contributed by atoms with Gasteiger partial charge >= 0.3 is 0 Å². The van der Waals surface area contributed by atoms with E-state index >= 15 is 0 Å². The molecule has 4 nitrogen and oxygen atoms in total. The summed E-state index contributed by atoms with van der Waals surface area (Å²) in [5.74, 6) is 1.63. The molecule has 0 spiro atoms. The standard InChI is InChI=1S/C13H20N2O2S2/c1-10(11-3-5-12(14)6-4-11)15-7-8-18-9-13(15)19(2,16)17/h3-6,10,13H,7-9,14H2,1-2H3. The Balaban J connectivity index is 2.25. The Hall–Kier alpha value is -0.720. The molecule has 1 saturated heterocycles. The molecule has 2 rings (SSSR count). The molecule has 1 fully saturated rings. The van der Waals surface area contributed by atoms with E-state index in [2.05, 4.69) is 11.8 Å². The number of hydrogen-bond donors (Lipinski definition) is 1. The van der Waals surface area contributed by atoms with Crippen molar-refractivity contribution in [3.63, 3.8) is 0 Å². The summed E-state index contributed by atoms with van der Waals surface area (Å²) < 4.78 is 23.8. The summed E-state index contributed by atoms with van der Waals surface area (Å²) in [7, 11) is -3.06. The van der Waals surface area contributed by atoms with Gasteiger partial charge < -0.3 is 5.73 Å². The minimum Gasteiger partial charge on any atom is -0.399 e. The van der Waals surface area contributed by atoms with E-state index in [0.29, 0.717) is 5.75 Å². The highest BCUT2D eigenvalue weighted by molar-refractivity contribution is 8.00. The van der Waals surface area contributed by atoms with Gasteiger partial charge in [0.1, 0.15) is 5.37 Å². The Bertz CT molecular complexity index is 528. The van der Waals surface area contributed by atoms with Crippen molar-refractivity contribution < 1.29 is 8.42 Å². The van der Waals surface area contributed by atoms with E-state index in [1.165, 1.54) is 6.26 Å². The lowest BCUT2D eigenvalue weighted by Gasteiger charge is -2.38. The lowest BCUT2D eigenvalue weighted by molar-refractivity contribution is 0.207. The van der Waals surface area contributed by atoms with E-state index in [4.69, 9.17) is 5.73 Å². The third-order valence-electron chi connectivity index (χ3n) is 3.53. The fraction of sp³-hybridized carbons (Fsp3) is 0.538. The predicted molar refractivity (Wildman–Crippen MR) is 81.9 cm³/mol. The zero-order chi connectivity index (χ0) is 14.0. The van der Waals surface area contributed by atoms with Gasteiger partial charge in [-0.15, -0.1) is 0 Å². The van der Waals surface area contributed by atoms with Crippen molar-refractivity contribution in [3.05, 3.63) is 29.8 Å². The molecule has 0 bridgehead atoms. The van der Waals surface area contributed by atoms with Crippen LogP contribution in [0.1, 0.15) is 18.5 Å². The van der Waals surface area contributed by atoms with Crippen molar-refractivity contribution in [2.75, 3.05) is 30.0 Å². The summed E-state index contributed by atoms with van der Waals surface area (Å²) in [5.41, 5.74) is 7.52. The molecule has 106 valence electrons. The molecule has 1 aromatic rings. The number of anilines is 1. The van der Waals surface area contributed by atoms with Crippen LogP contribution in [0.2, 0.25) is 0 Å².